The Kier molecular flexibility index (Phi) is 7.12. The molecule has 3 atom stereocenters. The SMILES string of the molecule is NC1CC2CCC(C1)N2C(=O)C(Cc1ccc(C(F)(F)F)cc1)NC(=O)C1(c2ccc(C(F)(F)F)cc2F)CC1. The van der Waals surface area contributed by atoms with E-state index in [1.54, 1.807) is 4.90 Å². The Morgan fingerprint density at radius 3 is 1.98 bits per heavy atom. The molecule has 0 spiro atoms. The number of piperidine rings is 1. The van der Waals surface area contributed by atoms with Crippen LogP contribution in [0.2, 0.25) is 0 Å². The predicted octanol–water partition coefficient (Wildman–Crippen LogP) is 5.10. The molecule has 1 aliphatic carbocycles. The molecule has 12 heteroatoms. The Bertz CT molecular complexity index is 1270. The summed E-state index contributed by atoms with van der Waals surface area (Å²) in [6, 6.07) is 4.77. The number of hydrogen-bond donors (Lipinski definition) is 2. The molecule has 2 bridgehead atoms. The maximum Gasteiger partial charge on any atom is 0.416 e. The Balaban J connectivity index is 1.41. The van der Waals surface area contributed by atoms with Gasteiger partial charge in [0.15, 0.2) is 0 Å². The Hall–Kier alpha value is -3.15. The van der Waals surface area contributed by atoms with Gasteiger partial charge in [0.25, 0.3) is 0 Å². The van der Waals surface area contributed by atoms with Crippen LogP contribution in [-0.4, -0.2) is 40.9 Å². The van der Waals surface area contributed by atoms with Gasteiger partial charge in [0.2, 0.25) is 11.8 Å². The molecule has 5 nitrogen and oxygen atoms in total. The second-order valence-corrected chi connectivity index (χ2v) is 11.1. The molecule has 3 unspecified atom stereocenters. The van der Waals surface area contributed by atoms with E-state index in [0.717, 1.165) is 31.0 Å². The fraction of sp³-hybridized carbons (Fsp3) is 0.500. The van der Waals surface area contributed by atoms with E-state index in [-0.39, 0.29) is 43.0 Å². The molecule has 40 heavy (non-hydrogen) atoms. The van der Waals surface area contributed by atoms with Crippen LogP contribution in [0.1, 0.15) is 60.8 Å². The molecule has 5 rings (SSSR count). The molecule has 2 aromatic rings. The molecule has 2 heterocycles. The van der Waals surface area contributed by atoms with E-state index in [1.807, 2.05) is 0 Å². The van der Waals surface area contributed by atoms with Crippen molar-refractivity contribution in [3.05, 3.63) is 70.5 Å². The van der Waals surface area contributed by atoms with Crippen LogP contribution < -0.4 is 11.1 Å². The molecule has 216 valence electrons. The molecule has 0 radical (unpaired) electrons. The van der Waals surface area contributed by atoms with Gasteiger partial charge in [-0.3, -0.25) is 9.59 Å². The van der Waals surface area contributed by atoms with E-state index in [4.69, 9.17) is 5.73 Å². The van der Waals surface area contributed by atoms with Crippen molar-refractivity contribution < 1.29 is 40.3 Å². The third-order valence-electron chi connectivity index (χ3n) is 8.35. The van der Waals surface area contributed by atoms with E-state index in [0.29, 0.717) is 30.5 Å². The number of halogens is 7. The first-order valence-corrected chi connectivity index (χ1v) is 13.1. The van der Waals surface area contributed by atoms with Crippen molar-refractivity contribution >= 4 is 11.8 Å². The molecule has 0 aromatic heterocycles. The summed E-state index contributed by atoms with van der Waals surface area (Å²) in [6.07, 6.45) is -6.41. The highest BCUT2D eigenvalue weighted by Gasteiger charge is 2.54. The van der Waals surface area contributed by atoms with Crippen LogP contribution in [0.25, 0.3) is 0 Å². The summed E-state index contributed by atoms with van der Waals surface area (Å²) in [5.74, 6) is -2.29. The average molecular weight is 572 g/mol. The normalized spacial score (nSPS) is 24.5. The van der Waals surface area contributed by atoms with Crippen LogP contribution in [0.15, 0.2) is 42.5 Å². The van der Waals surface area contributed by atoms with Crippen LogP contribution in [0.4, 0.5) is 30.7 Å². The number of alkyl halides is 6. The zero-order valence-electron chi connectivity index (χ0n) is 21.3. The Labute approximate surface area is 225 Å². The van der Waals surface area contributed by atoms with Gasteiger partial charge in [-0.05, 0) is 68.4 Å². The molecule has 2 aliphatic heterocycles. The van der Waals surface area contributed by atoms with Crippen LogP contribution >= 0.6 is 0 Å². The van der Waals surface area contributed by atoms with E-state index in [9.17, 15) is 40.3 Å². The summed E-state index contributed by atoms with van der Waals surface area (Å²) in [5.41, 5.74) is 2.83. The maximum absolute atomic E-state index is 14.8. The molecule has 3 aliphatic rings. The summed E-state index contributed by atoms with van der Waals surface area (Å²) in [7, 11) is 0. The van der Waals surface area contributed by atoms with Crippen molar-refractivity contribution in [2.45, 2.75) is 86.9 Å². The van der Waals surface area contributed by atoms with Gasteiger partial charge in [-0.15, -0.1) is 0 Å². The molecule has 3 fully saturated rings. The zero-order valence-corrected chi connectivity index (χ0v) is 21.3. The van der Waals surface area contributed by atoms with Gasteiger partial charge in [-0.25, -0.2) is 4.39 Å². The first-order valence-electron chi connectivity index (χ1n) is 13.1. The second kappa shape index (κ2) is 10.0. The lowest BCUT2D eigenvalue weighted by atomic mass is 9.91. The van der Waals surface area contributed by atoms with E-state index < -0.39 is 52.6 Å². The molecule has 2 saturated heterocycles. The third kappa shape index (κ3) is 5.42. The monoisotopic (exact) mass is 571 g/mol. The fourth-order valence-electron chi connectivity index (χ4n) is 6.14. The number of rotatable bonds is 6. The number of fused-ring (bicyclic) bond motifs is 2. The lowest BCUT2D eigenvalue weighted by Crippen LogP contribution is -2.58. The lowest BCUT2D eigenvalue weighted by Gasteiger charge is -2.40. The summed E-state index contributed by atoms with van der Waals surface area (Å²) < 4.78 is 93.1. The van der Waals surface area contributed by atoms with Gasteiger partial charge in [0.1, 0.15) is 11.9 Å². The average Bonchev–Trinajstić information content (AvgIpc) is 3.62. The number of nitrogens with two attached hydrogens (primary N) is 1. The van der Waals surface area contributed by atoms with Crippen LogP contribution in [0.3, 0.4) is 0 Å². The summed E-state index contributed by atoms with van der Waals surface area (Å²) in [4.78, 5) is 29.1. The van der Waals surface area contributed by atoms with E-state index in [1.165, 1.54) is 12.1 Å². The zero-order chi connectivity index (χ0) is 29.0. The van der Waals surface area contributed by atoms with Gasteiger partial charge in [0, 0.05) is 30.1 Å². The summed E-state index contributed by atoms with van der Waals surface area (Å²) >= 11 is 0. The van der Waals surface area contributed by atoms with Crippen molar-refractivity contribution in [2.24, 2.45) is 5.73 Å². The number of amides is 2. The maximum atomic E-state index is 14.8. The highest BCUT2D eigenvalue weighted by Crippen LogP contribution is 2.50. The fourth-order valence-corrected chi connectivity index (χ4v) is 6.14. The number of nitrogens with zero attached hydrogens (tertiary/aromatic N) is 1. The van der Waals surface area contributed by atoms with Crippen LogP contribution in [0, 0.1) is 5.82 Å². The van der Waals surface area contributed by atoms with Crippen molar-refractivity contribution in [3.8, 4) is 0 Å². The van der Waals surface area contributed by atoms with Crippen LogP contribution in [-0.2, 0) is 33.8 Å². The summed E-state index contributed by atoms with van der Waals surface area (Å²) in [6.45, 7) is 0. The number of benzene rings is 2. The van der Waals surface area contributed by atoms with Crippen molar-refractivity contribution in [1.82, 2.24) is 10.2 Å². The van der Waals surface area contributed by atoms with Gasteiger partial charge in [0.05, 0.1) is 16.5 Å². The van der Waals surface area contributed by atoms with Crippen LogP contribution in [0.5, 0.6) is 0 Å². The molecular formula is C28H28F7N3O2. The first kappa shape index (κ1) is 28.4. The number of carbonyl (C=O) groups is 2. The molecule has 3 N–H and O–H groups in total. The lowest BCUT2D eigenvalue weighted by molar-refractivity contribution is -0.141. The Morgan fingerprint density at radius 2 is 1.48 bits per heavy atom. The minimum Gasteiger partial charge on any atom is -0.343 e. The molecular weight excluding hydrogens is 543 g/mol. The molecule has 1 saturated carbocycles. The molecule has 2 amide bonds. The number of hydrogen-bond acceptors (Lipinski definition) is 3. The van der Waals surface area contributed by atoms with Crippen molar-refractivity contribution in [3.63, 3.8) is 0 Å². The quantitative estimate of drug-likeness (QED) is 0.474. The smallest absolute Gasteiger partial charge is 0.343 e. The standard InChI is InChI=1S/C28H28F7N3O2/c29-22-12-17(28(33,34)35)5-8-21(22)26(9-10-26)25(40)37-23(11-15-1-3-16(4-2-15)27(30,31)32)24(39)38-19-6-7-20(38)14-18(36)13-19/h1-5,8,12,18-20,23H,6-7,9-11,13-14,36H2,(H,37,40). The predicted molar refractivity (Wildman–Crippen MR) is 130 cm³/mol. The minimum atomic E-state index is -4.76. The van der Waals surface area contributed by atoms with E-state index >= 15 is 0 Å². The topological polar surface area (TPSA) is 75.4 Å². The van der Waals surface area contributed by atoms with Gasteiger partial charge >= 0.3 is 12.4 Å². The molecule has 2 aromatic carbocycles. The van der Waals surface area contributed by atoms with Gasteiger partial charge in [-0.1, -0.05) is 18.2 Å². The van der Waals surface area contributed by atoms with Crippen molar-refractivity contribution in [2.75, 3.05) is 0 Å². The second-order valence-electron chi connectivity index (χ2n) is 11.1. The largest absolute Gasteiger partial charge is 0.416 e. The van der Waals surface area contributed by atoms with Crippen molar-refractivity contribution in [1.29, 1.82) is 0 Å². The Morgan fingerprint density at radius 1 is 0.925 bits per heavy atom. The van der Waals surface area contributed by atoms with Gasteiger partial charge in [-0.2, -0.15) is 26.3 Å². The third-order valence-corrected chi connectivity index (χ3v) is 8.35. The number of carbonyl (C=O) groups excluding carboxylic acids is 2. The first-order chi connectivity index (χ1) is 18.7. The highest BCUT2D eigenvalue weighted by atomic mass is 19.4. The van der Waals surface area contributed by atoms with E-state index in [2.05, 4.69) is 5.32 Å². The summed E-state index contributed by atoms with van der Waals surface area (Å²) in [5, 5.41) is 2.69. The van der Waals surface area contributed by atoms with Gasteiger partial charge < -0.3 is 16.0 Å². The number of nitrogens with one attached hydrogen (secondary N) is 1. The highest BCUT2D eigenvalue weighted by molar-refractivity contribution is 5.95. The minimum absolute atomic E-state index is 0.0677.